The van der Waals surface area contributed by atoms with Gasteiger partial charge in [0.1, 0.15) is 5.75 Å². The topological polar surface area (TPSA) is 64.3 Å². The van der Waals surface area contributed by atoms with Gasteiger partial charge in [0, 0.05) is 12.4 Å². The van der Waals surface area contributed by atoms with E-state index in [2.05, 4.69) is 5.10 Å². The van der Waals surface area contributed by atoms with Crippen LogP contribution in [0.1, 0.15) is 11.6 Å². The van der Waals surface area contributed by atoms with Crippen molar-refractivity contribution in [3.8, 4) is 5.75 Å². The Balaban J connectivity index is 2.36. The van der Waals surface area contributed by atoms with Crippen LogP contribution in [-0.2, 0) is 4.79 Å². The SMILES string of the molecule is COc1ccc(C(C(=O)O)n2cccn2)cc1. The summed E-state index contributed by atoms with van der Waals surface area (Å²) < 4.78 is 6.44. The van der Waals surface area contributed by atoms with Crippen molar-refractivity contribution in [1.29, 1.82) is 0 Å². The molecule has 5 nitrogen and oxygen atoms in total. The highest BCUT2D eigenvalue weighted by atomic mass is 16.5. The molecule has 88 valence electrons. The summed E-state index contributed by atoms with van der Waals surface area (Å²) in [6.07, 6.45) is 3.18. The van der Waals surface area contributed by atoms with Crippen LogP contribution in [-0.4, -0.2) is 28.0 Å². The van der Waals surface area contributed by atoms with Crippen molar-refractivity contribution in [3.63, 3.8) is 0 Å². The van der Waals surface area contributed by atoms with Crippen molar-refractivity contribution in [2.24, 2.45) is 0 Å². The van der Waals surface area contributed by atoms with Crippen molar-refractivity contribution < 1.29 is 14.6 Å². The minimum absolute atomic E-state index is 0.655. The molecule has 2 rings (SSSR count). The Morgan fingerprint density at radius 2 is 2.12 bits per heavy atom. The van der Waals surface area contributed by atoms with Crippen LogP contribution in [0.15, 0.2) is 42.7 Å². The summed E-state index contributed by atoms with van der Waals surface area (Å²) in [6, 6.07) is 7.79. The molecule has 2 aromatic rings. The molecule has 0 spiro atoms. The van der Waals surface area contributed by atoms with E-state index in [-0.39, 0.29) is 0 Å². The number of hydrogen-bond acceptors (Lipinski definition) is 3. The van der Waals surface area contributed by atoms with Gasteiger partial charge >= 0.3 is 5.97 Å². The number of methoxy groups -OCH3 is 1. The first kappa shape index (κ1) is 11.2. The standard InChI is InChI=1S/C12H12N2O3/c1-17-10-5-3-9(4-6-10)11(12(15)16)14-8-2-7-13-14/h2-8,11H,1H3,(H,15,16). The third-order valence-electron chi connectivity index (χ3n) is 2.45. The Bertz CT molecular complexity index is 491. The van der Waals surface area contributed by atoms with Crippen molar-refractivity contribution in [1.82, 2.24) is 9.78 Å². The number of rotatable bonds is 4. The molecule has 0 fully saturated rings. The molecule has 1 aromatic carbocycles. The van der Waals surface area contributed by atoms with E-state index in [1.807, 2.05) is 0 Å². The summed E-state index contributed by atoms with van der Waals surface area (Å²) in [6.45, 7) is 0. The normalized spacial score (nSPS) is 12.1. The highest BCUT2D eigenvalue weighted by molar-refractivity contribution is 5.75. The fourth-order valence-corrected chi connectivity index (χ4v) is 1.63. The Hall–Kier alpha value is -2.30. The molecule has 0 bridgehead atoms. The molecule has 0 amide bonds. The number of benzene rings is 1. The Labute approximate surface area is 98.3 Å². The zero-order valence-electron chi connectivity index (χ0n) is 9.28. The second-order valence-electron chi connectivity index (χ2n) is 3.50. The van der Waals surface area contributed by atoms with Crippen molar-refractivity contribution in [2.45, 2.75) is 6.04 Å². The molecule has 0 saturated carbocycles. The number of nitrogens with zero attached hydrogens (tertiary/aromatic N) is 2. The maximum Gasteiger partial charge on any atom is 0.333 e. The Kier molecular flexibility index (Phi) is 3.09. The van der Waals surface area contributed by atoms with Gasteiger partial charge in [-0.05, 0) is 23.8 Å². The molecule has 5 heteroatoms. The van der Waals surface area contributed by atoms with Crippen LogP contribution < -0.4 is 4.74 Å². The van der Waals surface area contributed by atoms with E-state index in [4.69, 9.17) is 4.74 Å². The molecular weight excluding hydrogens is 220 g/mol. The lowest BCUT2D eigenvalue weighted by atomic mass is 10.1. The summed E-state index contributed by atoms with van der Waals surface area (Å²) >= 11 is 0. The highest BCUT2D eigenvalue weighted by Crippen LogP contribution is 2.20. The van der Waals surface area contributed by atoms with E-state index in [0.29, 0.717) is 11.3 Å². The van der Waals surface area contributed by atoms with Crippen LogP contribution in [0.5, 0.6) is 5.75 Å². The summed E-state index contributed by atoms with van der Waals surface area (Å²) in [4.78, 5) is 11.3. The van der Waals surface area contributed by atoms with Crippen molar-refractivity contribution >= 4 is 5.97 Å². The van der Waals surface area contributed by atoms with Gasteiger partial charge in [-0.1, -0.05) is 12.1 Å². The molecule has 0 radical (unpaired) electrons. The molecule has 0 aliphatic carbocycles. The van der Waals surface area contributed by atoms with Crippen molar-refractivity contribution in [3.05, 3.63) is 48.3 Å². The lowest BCUT2D eigenvalue weighted by molar-refractivity contribution is -0.139. The fraction of sp³-hybridized carbons (Fsp3) is 0.167. The summed E-state index contributed by atoms with van der Waals surface area (Å²) in [5, 5.41) is 13.2. The zero-order chi connectivity index (χ0) is 12.3. The third kappa shape index (κ3) is 2.28. The van der Waals surface area contributed by atoms with E-state index in [1.165, 1.54) is 4.68 Å². The molecular formula is C12H12N2O3. The predicted octanol–water partition coefficient (Wildman–Crippen LogP) is 1.57. The lowest BCUT2D eigenvalue weighted by Gasteiger charge is -2.13. The number of aliphatic carboxylic acids is 1. The van der Waals surface area contributed by atoms with Gasteiger partial charge in [0.2, 0.25) is 0 Å². The van der Waals surface area contributed by atoms with Gasteiger partial charge in [0.05, 0.1) is 7.11 Å². The summed E-state index contributed by atoms with van der Waals surface area (Å²) in [5.41, 5.74) is 0.655. The predicted molar refractivity (Wildman–Crippen MR) is 61.0 cm³/mol. The number of carbonyl (C=O) groups is 1. The maximum atomic E-state index is 11.3. The molecule has 0 aliphatic rings. The highest BCUT2D eigenvalue weighted by Gasteiger charge is 2.21. The smallest absolute Gasteiger partial charge is 0.333 e. The van der Waals surface area contributed by atoms with E-state index in [1.54, 1.807) is 49.8 Å². The van der Waals surface area contributed by atoms with Crippen LogP contribution in [0.2, 0.25) is 0 Å². The van der Waals surface area contributed by atoms with Crippen LogP contribution in [0.3, 0.4) is 0 Å². The van der Waals surface area contributed by atoms with Crippen LogP contribution in [0.4, 0.5) is 0 Å². The fourth-order valence-electron chi connectivity index (χ4n) is 1.63. The molecule has 17 heavy (non-hydrogen) atoms. The van der Waals surface area contributed by atoms with Crippen molar-refractivity contribution in [2.75, 3.05) is 7.11 Å². The van der Waals surface area contributed by atoms with Gasteiger partial charge in [-0.25, -0.2) is 4.79 Å². The monoisotopic (exact) mass is 232 g/mol. The van der Waals surface area contributed by atoms with Crippen LogP contribution in [0.25, 0.3) is 0 Å². The number of carboxylic acid groups (broad SMARTS) is 1. The maximum absolute atomic E-state index is 11.3. The first-order valence-corrected chi connectivity index (χ1v) is 5.08. The van der Waals surface area contributed by atoms with E-state index in [0.717, 1.165) is 0 Å². The summed E-state index contributed by atoms with van der Waals surface area (Å²) in [5.74, 6) is -0.253. The Morgan fingerprint density at radius 3 is 2.59 bits per heavy atom. The quantitative estimate of drug-likeness (QED) is 0.868. The number of ether oxygens (including phenoxy) is 1. The lowest BCUT2D eigenvalue weighted by Crippen LogP contribution is -2.20. The van der Waals surface area contributed by atoms with Crippen LogP contribution in [0, 0.1) is 0 Å². The van der Waals surface area contributed by atoms with E-state index in [9.17, 15) is 9.90 Å². The first-order valence-electron chi connectivity index (χ1n) is 5.08. The number of aromatic nitrogens is 2. The number of hydrogen-bond donors (Lipinski definition) is 1. The van der Waals surface area contributed by atoms with E-state index < -0.39 is 12.0 Å². The van der Waals surface area contributed by atoms with Crippen LogP contribution >= 0.6 is 0 Å². The average Bonchev–Trinajstić information content (AvgIpc) is 2.83. The minimum Gasteiger partial charge on any atom is -0.497 e. The molecule has 1 N–H and O–H groups in total. The van der Waals surface area contributed by atoms with Gasteiger partial charge < -0.3 is 9.84 Å². The van der Waals surface area contributed by atoms with Gasteiger partial charge in [0.25, 0.3) is 0 Å². The second-order valence-corrected chi connectivity index (χ2v) is 3.50. The molecule has 1 heterocycles. The largest absolute Gasteiger partial charge is 0.497 e. The second kappa shape index (κ2) is 4.69. The third-order valence-corrected chi connectivity index (χ3v) is 2.45. The summed E-state index contributed by atoms with van der Waals surface area (Å²) in [7, 11) is 1.57. The van der Waals surface area contributed by atoms with E-state index >= 15 is 0 Å². The first-order chi connectivity index (χ1) is 8.22. The molecule has 0 saturated heterocycles. The average molecular weight is 232 g/mol. The molecule has 0 aliphatic heterocycles. The molecule has 1 unspecified atom stereocenters. The Morgan fingerprint density at radius 1 is 1.41 bits per heavy atom. The minimum atomic E-state index is -0.945. The van der Waals surface area contributed by atoms with Gasteiger partial charge in [0.15, 0.2) is 6.04 Å². The van der Waals surface area contributed by atoms with Gasteiger partial charge in [-0.3, -0.25) is 4.68 Å². The molecule has 1 atom stereocenters. The zero-order valence-corrected chi connectivity index (χ0v) is 9.28. The van der Waals surface area contributed by atoms with Gasteiger partial charge in [-0.15, -0.1) is 0 Å². The number of carboxylic acids is 1. The molecule has 1 aromatic heterocycles. The van der Waals surface area contributed by atoms with Gasteiger partial charge in [-0.2, -0.15) is 5.10 Å².